The molecule has 3 heteroatoms. The van der Waals surface area contributed by atoms with Gasteiger partial charge in [0.1, 0.15) is 12.0 Å². The van der Waals surface area contributed by atoms with Crippen LogP contribution in [0.2, 0.25) is 0 Å². The highest BCUT2D eigenvalue weighted by Crippen LogP contribution is 2.26. The van der Waals surface area contributed by atoms with Gasteiger partial charge in [0.25, 0.3) is 0 Å². The summed E-state index contributed by atoms with van der Waals surface area (Å²) in [5, 5.41) is 0. The summed E-state index contributed by atoms with van der Waals surface area (Å²) in [6.07, 6.45) is 1.69. The Balaban J connectivity index is 2.80. The van der Waals surface area contributed by atoms with Crippen LogP contribution in [0, 0.1) is 5.92 Å². The SMILES string of the molecule is CC(C)C(CN)c1cc(Br)co1. The fourth-order valence-corrected chi connectivity index (χ4v) is 1.56. The van der Waals surface area contributed by atoms with Crippen molar-refractivity contribution in [3.8, 4) is 0 Å². The van der Waals surface area contributed by atoms with Gasteiger partial charge < -0.3 is 10.2 Å². The molecule has 1 aromatic rings. The van der Waals surface area contributed by atoms with E-state index in [-0.39, 0.29) is 0 Å². The zero-order chi connectivity index (χ0) is 9.14. The van der Waals surface area contributed by atoms with E-state index in [1.54, 1.807) is 6.26 Å². The number of hydrogen-bond donors (Lipinski definition) is 1. The molecule has 2 N–H and O–H groups in total. The van der Waals surface area contributed by atoms with Crippen LogP contribution in [0.5, 0.6) is 0 Å². The maximum absolute atomic E-state index is 5.64. The summed E-state index contributed by atoms with van der Waals surface area (Å²) >= 11 is 3.34. The van der Waals surface area contributed by atoms with Gasteiger partial charge in [0.2, 0.25) is 0 Å². The third kappa shape index (κ3) is 2.11. The maximum atomic E-state index is 5.64. The topological polar surface area (TPSA) is 39.2 Å². The van der Waals surface area contributed by atoms with Gasteiger partial charge in [0.15, 0.2) is 0 Å². The molecule has 0 spiro atoms. The Morgan fingerprint density at radius 3 is 2.58 bits per heavy atom. The van der Waals surface area contributed by atoms with Gasteiger partial charge in [-0.1, -0.05) is 13.8 Å². The predicted octanol–water partition coefficient (Wildman–Crippen LogP) is 2.74. The Morgan fingerprint density at radius 1 is 1.58 bits per heavy atom. The summed E-state index contributed by atoms with van der Waals surface area (Å²) in [5.41, 5.74) is 5.64. The number of furan rings is 1. The van der Waals surface area contributed by atoms with Crippen LogP contribution in [0.3, 0.4) is 0 Å². The highest BCUT2D eigenvalue weighted by Gasteiger charge is 2.17. The first-order valence-corrected chi connectivity index (χ1v) is 4.88. The summed E-state index contributed by atoms with van der Waals surface area (Å²) < 4.78 is 6.33. The molecule has 1 unspecified atom stereocenters. The average Bonchev–Trinajstić information content (AvgIpc) is 2.37. The highest BCUT2D eigenvalue weighted by atomic mass is 79.9. The maximum Gasteiger partial charge on any atom is 0.109 e. The molecule has 0 saturated carbocycles. The smallest absolute Gasteiger partial charge is 0.109 e. The van der Waals surface area contributed by atoms with E-state index >= 15 is 0 Å². The lowest BCUT2D eigenvalue weighted by Gasteiger charge is -2.15. The Kier molecular flexibility index (Phi) is 3.35. The molecule has 0 aliphatic carbocycles. The number of halogens is 1. The molecule has 0 bridgehead atoms. The van der Waals surface area contributed by atoms with E-state index in [4.69, 9.17) is 10.2 Å². The van der Waals surface area contributed by atoms with Gasteiger partial charge in [0.05, 0.1) is 4.47 Å². The molecule has 0 aromatic carbocycles. The van der Waals surface area contributed by atoms with Gasteiger partial charge in [-0.3, -0.25) is 0 Å². The van der Waals surface area contributed by atoms with Gasteiger partial charge in [0, 0.05) is 12.5 Å². The fraction of sp³-hybridized carbons (Fsp3) is 0.556. The van der Waals surface area contributed by atoms with E-state index in [0.717, 1.165) is 10.2 Å². The van der Waals surface area contributed by atoms with E-state index in [1.165, 1.54) is 0 Å². The van der Waals surface area contributed by atoms with E-state index in [9.17, 15) is 0 Å². The molecule has 0 radical (unpaired) electrons. The second-order valence-electron chi connectivity index (χ2n) is 3.25. The van der Waals surface area contributed by atoms with Crippen LogP contribution in [-0.4, -0.2) is 6.54 Å². The van der Waals surface area contributed by atoms with Crippen LogP contribution in [0.15, 0.2) is 21.2 Å². The number of nitrogens with two attached hydrogens (primary N) is 1. The minimum absolute atomic E-state index is 0.330. The molecule has 0 aliphatic rings. The van der Waals surface area contributed by atoms with E-state index < -0.39 is 0 Å². The lowest BCUT2D eigenvalue weighted by Crippen LogP contribution is -2.17. The summed E-state index contributed by atoms with van der Waals surface area (Å²) in [5.74, 6) is 1.82. The molecule has 68 valence electrons. The largest absolute Gasteiger partial charge is 0.468 e. The molecular weight excluding hydrogens is 218 g/mol. The van der Waals surface area contributed by atoms with Crippen LogP contribution in [-0.2, 0) is 0 Å². The first-order valence-electron chi connectivity index (χ1n) is 4.09. The van der Waals surface area contributed by atoms with Crippen molar-refractivity contribution in [2.24, 2.45) is 11.7 Å². The highest BCUT2D eigenvalue weighted by molar-refractivity contribution is 9.10. The molecular formula is C9H14BrNO. The van der Waals surface area contributed by atoms with Crippen molar-refractivity contribution >= 4 is 15.9 Å². The summed E-state index contributed by atoms with van der Waals surface area (Å²) in [4.78, 5) is 0. The third-order valence-electron chi connectivity index (χ3n) is 2.01. The van der Waals surface area contributed by atoms with Gasteiger partial charge in [-0.05, 0) is 27.9 Å². The van der Waals surface area contributed by atoms with E-state index in [2.05, 4.69) is 29.8 Å². The average molecular weight is 232 g/mol. The van der Waals surface area contributed by atoms with Crippen LogP contribution in [0.4, 0.5) is 0 Å². The zero-order valence-corrected chi connectivity index (χ0v) is 8.97. The molecule has 1 aromatic heterocycles. The molecule has 0 aliphatic heterocycles. The van der Waals surface area contributed by atoms with Crippen LogP contribution < -0.4 is 5.73 Å². The van der Waals surface area contributed by atoms with Crippen molar-refractivity contribution in [2.75, 3.05) is 6.54 Å². The molecule has 0 saturated heterocycles. The minimum Gasteiger partial charge on any atom is -0.468 e. The van der Waals surface area contributed by atoms with Crippen molar-refractivity contribution in [3.05, 3.63) is 22.6 Å². The van der Waals surface area contributed by atoms with E-state index in [0.29, 0.717) is 18.4 Å². The molecule has 1 atom stereocenters. The Morgan fingerprint density at radius 2 is 2.25 bits per heavy atom. The quantitative estimate of drug-likeness (QED) is 0.870. The molecule has 0 amide bonds. The molecule has 1 rings (SSSR count). The lowest BCUT2D eigenvalue weighted by atomic mass is 9.94. The van der Waals surface area contributed by atoms with Gasteiger partial charge >= 0.3 is 0 Å². The van der Waals surface area contributed by atoms with Crippen molar-refractivity contribution in [1.82, 2.24) is 0 Å². The van der Waals surface area contributed by atoms with Crippen molar-refractivity contribution < 1.29 is 4.42 Å². The molecule has 2 nitrogen and oxygen atoms in total. The molecule has 1 heterocycles. The Hall–Kier alpha value is -0.280. The standard InChI is InChI=1S/C9H14BrNO/c1-6(2)8(4-11)9-3-7(10)5-12-9/h3,5-6,8H,4,11H2,1-2H3. The second-order valence-corrected chi connectivity index (χ2v) is 4.17. The van der Waals surface area contributed by atoms with Gasteiger partial charge in [-0.25, -0.2) is 0 Å². The van der Waals surface area contributed by atoms with Crippen molar-refractivity contribution in [2.45, 2.75) is 19.8 Å². The van der Waals surface area contributed by atoms with E-state index in [1.807, 2.05) is 6.07 Å². The first-order chi connectivity index (χ1) is 5.65. The van der Waals surface area contributed by atoms with Crippen molar-refractivity contribution in [3.63, 3.8) is 0 Å². The summed E-state index contributed by atoms with van der Waals surface area (Å²) in [7, 11) is 0. The fourth-order valence-electron chi connectivity index (χ4n) is 1.24. The predicted molar refractivity (Wildman–Crippen MR) is 53.0 cm³/mol. The second kappa shape index (κ2) is 4.10. The first kappa shape index (κ1) is 9.81. The summed E-state index contributed by atoms with van der Waals surface area (Å²) in [6, 6.07) is 1.98. The summed E-state index contributed by atoms with van der Waals surface area (Å²) in [6.45, 7) is 4.93. The molecule has 0 fully saturated rings. The number of rotatable bonds is 3. The normalized spacial score (nSPS) is 13.8. The Bertz CT molecular complexity index is 244. The van der Waals surface area contributed by atoms with Gasteiger partial charge in [-0.2, -0.15) is 0 Å². The molecule has 12 heavy (non-hydrogen) atoms. The van der Waals surface area contributed by atoms with Crippen molar-refractivity contribution in [1.29, 1.82) is 0 Å². The minimum atomic E-state index is 0.330. The lowest BCUT2D eigenvalue weighted by molar-refractivity contribution is 0.400. The third-order valence-corrected chi connectivity index (χ3v) is 2.43. The monoisotopic (exact) mass is 231 g/mol. The Labute approximate surface area is 81.3 Å². The zero-order valence-electron chi connectivity index (χ0n) is 7.38. The number of hydrogen-bond acceptors (Lipinski definition) is 2. The van der Waals surface area contributed by atoms with Gasteiger partial charge in [-0.15, -0.1) is 0 Å². The van der Waals surface area contributed by atoms with Crippen LogP contribution in [0.25, 0.3) is 0 Å². The van der Waals surface area contributed by atoms with Crippen LogP contribution in [0.1, 0.15) is 25.5 Å². The van der Waals surface area contributed by atoms with Crippen LogP contribution >= 0.6 is 15.9 Å².